The van der Waals surface area contributed by atoms with Crippen molar-refractivity contribution in [3.63, 3.8) is 0 Å². The molecule has 6 nitrogen and oxygen atoms in total. The lowest BCUT2D eigenvalue weighted by Gasteiger charge is -2.37. The zero-order valence-electron chi connectivity index (χ0n) is 14.8. The Morgan fingerprint density at radius 3 is 2.54 bits per heavy atom. The van der Waals surface area contributed by atoms with E-state index in [1.165, 1.54) is 0 Å². The van der Waals surface area contributed by atoms with Crippen LogP contribution in [0.4, 0.5) is 4.79 Å². The third-order valence-electron chi connectivity index (χ3n) is 4.93. The summed E-state index contributed by atoms with van der Waals surface area (Å²) >= 11 is 0. The SMILES string of the molecule is CCOC(=O)C12CC1C1=C(CCCC1)C(=O)N2C(=O)OC(C)(C)C. The summed E-state index contributed by atoms with van der Waals surface area (Å²) < 4.78 is 10.6. The van der Waals surface area contributed by atoms with Gasteiger partial charge in [-0.2, -0.15) is 0 Å². The molecule has 24 heavy (non-hydrogen) atoms. The van der Waals surface area contributed by atoms with Gasteiger partial charge in [-0.25, -0.2) is 14.5 Å². The highest BCUT2D eigenvalue weighted by Gasteiger charge is 2.72. The largest absolute Gasteiger partial charge is 0.464 e. The molecule has 0 aromatic rings. The number of hydrogen-bond donors (Lipinski definition) is 0. The van der Waals surface area contributed by atoms with Gasteiger partial charge in [0.25, 0.3) is 5.91 Å². The number of amides is 2. The zero-order valence-corrected chi connectivity index (χ0v) is 14.8. The van der Waals surface area contributed by atoms with Crippen molar-refractivity contribution >= 4 is 18.0 Å². The van der Waals surface area contributed by atoms with Crippen molar-refractivity contribution in [2.45, 2.75) is 70.9 Å². The van der Waals surface area contributed by atoms with Crippen molar-refractivity contribution in [1.29, 1.82) is 0 Å². The molecule has 0 N–H and O–H groups in total. The molecular weight excluding hydrogens is 310 g/mol. The molecule has 0 radical (unpaired) electrons. The normalized spacial score (nSPS) is 28.9. The van der Waals surface area contributed by atoms with Crippen LogP contribution in [-0.2, 0) is 19.1 Å². The Balaban J connectivity index is 2.00. The van der Waals surface area contributed by atoms with Crippen molar-refractivity contribution in [3.8, 4) is 0 Å². The first kappa shape index (κ1) is 17.0. The number of carbonyl (C=O) groups excluding carboxylic acids is 3. The first-order chi connectivity index (χ1) is 11.2. The van der Waals surface area contributed by atoms with Gasteiger partial charge in [0.2, 0.25) is 0 Å². The van der Waals surface area contributed by atoms with Crippen LogP contribution in [0.3, 0.4) is 0 Å². The summed E-state index contributed by atoms with van der Waals surface area (Å²) in [7, 11) is 0. The smallest absolute Gasteiger partial charge is 0.418 e. The maximum absolute atomic E-state index is 13.0. The van der Waals surface area contributed by atoms with Crippen molar-refractivity contribution < 1.29 is 23.9 Å². The van der Waals surface area contributed by atoms with Gasteiger partial charge in [0, 0.05) is 11.5 Å². The molecule has 2 aliphatic carbocycles. The van der Waals surface area contributed by atoms with Crippen molar-refractivity contribution in [2.24, 2.45) is 5.92 Å². The summed E-state index contributed by atoms with van der Waals surface area (Å²) in [6.07, 6.45) is 3.16. The molecule has 1 fully saturated rings. The molecule has 6 heteroatoms. The summed E-state index contributed by atoms with van der Waals surface area (Å²) in [5.74, 6) is -0.968. The lowest BCUT2D eigenvalue weighted by molar-refractivity contribution is -0.156. The van der Waals surface area contributed by atoms with E-state index in [0.29, 0.717) is 18.4 Å². The number of ether oxygens (including phenoxy) is 2. The molecule has 3 aliphatic rings. The Morgan fingerprint density at radius 1 is 1.25 bits per heavy atom. The average molecular weight is 335 g/mol. The van der Waals surface area contributed by atoms with Gasteiger partial charge >= 0.3 is 12.1 Å². The first-order valence-electron chi connectivity index (χ1n) is 8.69. The van der Waals surface area contributed by atoms with Crippen LogP contribution in [0.1, 0.15) is 59.8 Å². The fourth-order valence-electron chi connectivity index (χ4n) is 3.91. The van der Waals surface area contributed by atoms with Crippen LogP contribution < -0.4 is 0 Å². The molecule has 2 unspecified atom stereocenters. The predicted octanol–water partition coefficient (Wildman–Crippen LogP) is 2.96. The van der Waals surface area contributed by atoms with Crippen LogP contribution in [0.5, 0.6) is 0 Å². The van der Waals surface area contributed by atoms with E-state index in [1.807, 2.05) is 0 Å². The molecule has 0 saturated heterocycles. The Kier molecular flexibility index (Phi) is 3.97. The van der Waals surface area contributed by atoms with Gasteiger partial charge in [0.1, 0.15) is 5.60 Å². The molecule has 1 heterocycles. The summed E-state index contributed by atoms with van der Waals surface area (Å²) in [4.78, 5) is 39.4. The Morgan fingerprint density at radius 2 is 1.92 bits per heavy atom. The van der Waals surface area contributed by atoms with Crippen molar-refractivity contribution in [2.75, 3.05) is 6.61 Å². The highest BCUT2D eigenvalue weighted by molar-refractivity contribution is 6.10. The molecule has 0 aromatic carbocycles. The Hall–Kier alpha value is -1.85. The summed E-state index contributed by atoms with van der Waals surface area (Å²) in [5.41, 5.74) is -0.168. The van der Waals surface area contributed by atoms with Gasteiger partial charge in [0.15, 0.2) is 5.54 Å². The van der Waals surface area contributed by atoms with Gasteiger partial charge in [-0.1, -0.05) is 5.57 Å². The number of rotatable bonds is 2. The monoisotopic (exact) mass is 335 g/mol. The second-order valence-corrected chi connectivity index (χ2v) is 7.73. The van der Waals surface area contributed by atoms with Crippen LogP contribution in [-0.4, -0.2) is 40.6 Å². The fraction of sp³-hybridized carbons (Fsp3) is 0.722. The third-order valence-corrected chi connectivity index (χ3v) is 4.93. The highest BCUT2D eigenvalue weighted by Crippen LogP contribution is 2.60. The summed E-state index contributed by atoms with van der Waals surface area (Å²) in [5, 5.41) is 0. The van der Waals surface area contributed by atoms with Gasteiger partial charge in [-0.15, -0.1) is 0 Å². The molecular formula is C18H25NO5. The minimum atomic E-state index is -1.19. The maximum atomic E-state index is 13.0. The quantitative estimate of drug-likeness (QED) is 0.725. The van der Waals surface area contributed by atoms with Gasteiger partial charge < -0.3 is 9.47 Å². The third kappa shape index (κ3) is 2.52. The number of nitrogens with zero attached hydrogens (tertiary/aromatic N) is 1. The van der Waals surface area contributed by atoms with E-state index in [1.54, 1.807) is 27.7 Å². The number of carbonyl (C=O) groups is 3. The second kappa shape index (κ2) is 5.60. The fourth-order valence-corrected chi connectivity index (χ4v) is 3.91. The second-order valence-electron chi connectivity index (χ2n) is 7.73. The lowest BCUT2D eigenvalue weighted by Crippen LogP contribution is -2.56. The van der Waals surface area contributed by atoms with Gasteiger partial charge in [0.05, 0.1) is 6.61 Å². The maximum Gasteiger partial charge on any atom is 0.418 e. The standard InChI is InChI=1S/C18H25NO5/c1-5-23-15(21)18-10-13(18)11-8-6-7-9-12(11)14(20)19(18)16(22)24-17(2,3)4/h13H,5-10H2,1-4H3. The Labute approximate surface area is 142 Å². The number of esters is 1. The lowest BCUT2D eigenvalue weighted by atomic mass is 9.83. The molecule has 2 atom stereocenters. The zero-order chi connectivity index (χ0) is 17.7. The number of imide groups is 1. The van der Waals surface area contributed by atoms with Crippen LogP contribution in [0.2, 0.25) is 0 Å². The van der Waals surface area contributed by atoms with Gasteiger partial charge in [-0.3, -0.25) is 4.79 Å². The van der Waals surface area contributed by atoms with E-state index >= 15 is 0 Å². The molecule has 3 rings (SSSR count). The van der Waals surface area contributed by atoms with E-state index in [2.05, 4.69) is 0 Å². The van der Waals surface area contributed by atoms with E-state index in [0.717, 1.165) is 29.7 Å². The van der Waals surface area contributed by atoms with Crippen LogP contribution in [0, 0.1) is 5.92 Å². The topological polar surface area (TPSA) is 72.9 Å². The molecule has 2 amide bonds. The minimum Gasteiger partial charge on any atom is -0.464 e. The van der Waals surface area contributed by atoms with E-state index in [9.17, 15) is 14.4 Å². The molecule has 0 bridgehead atoms. The Bertz CT molecular complexity index is 630. The van der Waals surface area contributed by atoms with E-state index in [-0.39, 0.29) is 18.4 Å². The van der Waals surface area contributed by atoms with Crippen molar-refractivity contribution in [1.82, 2.24) is 4.90 Å². The number of hydrogen-bond acceptors (Lipinski definition) is 5. The minimum absolute atomic E-state index is 0.0999. The first-order valence-corrected chi connectivity index (χ1v) is 8.69. The van der Waals surface area contributed by atoms with E-state index < -0.39 is 23.2 Å². The number of fused-ring (bicyclic) bond motifs is 2. The predicted molar refractivity (Wildman–Crippen MR) is 86.0 cm³/mol. The van der Waals surface area contributed by atoms with Crippen LogP contribution in [0.15, 0.2) is 11.1 Å². The molecule has 0 spiro atoms. The molecule has 1 aliphatic heterocycles. The van der Waals surface area contributed by atoms with Crippen LogP contribution in [0.25, 0.3) is 0 Å². The average Bonchev–Trinajstić information content (AvgIpc) is 3.23. The van der Waals surface area contributed by atoms with Crippen molar-refractivity contribution in [3.05, 3.63) is 11.1 Å². The molecule has 0 aromatic heterocycles. The van der Waals surface area contributed by atoms with Crippen LogP contribution >= 0.6 is 0 Å². The van der Waals surface area contributed by atoms with Gasteiger partial charge in [-0.05, 0) is 59.8 Å². The summed E-state index contributed by atoms with van der Waals surface area (Å²) in [6, 6.07) is 0. The molecule has 132 valence electrons. The summed E-state index contributed by atoms with van der Waals surface area (Å²) in [6.45, 7) is 7.17. The van der Waals surface area contributed by atoms with E-state index in [4.69, 9.17) is 9.47 Å². The molecule has 1 saturated carbocycles. The highest BCUT2D eigenvalue weighted by atomic mass is 16.6.